The largest absolute Gasteiger partial charge is 0.331 e. The van der Waals surface area contributed by atoms with Crippen molar-refractivity contribution < 1.29 is 22.8 Å². The Morgan fingerprint density at radius 1 is 0.886 bits per heavy atom. The number of rotatable bonds is 5. The third-order valence-corrected chi connectivity index (χ3v) is 7.30. The predicted molar refractivity (Wildman–Crippen MR) is 153 cm³/mol. The summed E-state index contributed by atoms with van der Waals surface area (Å²) in [7, 11) is 0. The number of hydrogen-bond donors (Lipinski definition) is 1. The molecular formula is C31H21F3N8O2. The Hall–Kier alpha value is -5.85. The summed E-state index contributed by atoms with van der Waals surface area (Å²) in [5.74, 6) is -2.61. The molecule has 10 nitrogen and oxygen atoms in total. The number of hydrogen-bond acceptors (Lipinski definition) is 6. The van der Waals surface area contributed by atoms with E-state index in [1.165, 1.54) is 53.3 Å². The fraction of sp³-hybridized carbons (Fsp3) is 0.0968. The zero-order chi connectivity index (χ0) is 30.4. The van der Waals surface area contributed by atoms with E-state index in [0.717, 1.165) is 6.07 Å². The molecule has 0 spiro atoms. The minimum atomic E-state index is -0.783. The molecule has 7 rings (SSSR count). The first-order valence-corrected chi connectivity index (χ1v) is 13.5. The average molecular weight is 595 g/mol. The number of carbonyl (C=O) groups excluding carboxylic acids is 2. The number of nitrogens with zero attached hydrogens (tertiary/aromatic N) is 7. The van der Waals surface area contributed by atoms with E-state index < -0.39 is 29.4 Å². The van der Waals surface area contributed by atoms with Crippen LogP contribution < -0.4 is 5.32 Å². The van der Waals surface area contributed by atoms with Gasteiger partial charge in [-0.05, 0) is 54.6 Å². The van der Waals surface area contributed by atoms with Crippen LogP contribution in [0.15, 0.2) is 85.2 Å². The van der Waals surface area contributed by atoms with Crippen LogP contribution in [-0.4, -0.2) is 52.6 Å². The summed E-state index contributed by atoms with van der Waals surface area (Å²) >= 11 is 0. The molecule has 0 fully saturated rings. The van der Waals surface area contributed by atoms with Gasteiger partial charge in [0.2, 0.25) is 5.95 Å². The number of aromatic nitrogens is 6. The molecule has 0 unspecified atom stereocenters. The number of benzene rings is 2. The van der Waals surface area contributed by atoms with Gasteiger partial charge in [-0.1, -0.05) is 12.1 Å². The second kappa shape index (κ2) is 10.8. The molecule has 6 aromatic rings. The Morgan fingerprint density at radius 2 is 1.70 bits per heavy atom. The number of carbonyl (C=O) groups is 2. The second-order valence-electron chi connectivity index (χ2n) is 10.1. The highest BCUT2D eigenvalue weighted by atomic mass is 19.1. The molecule has 0 atom stereocenters. The lowest BCUT2D eigenvalue weighted by Gasteiger charge is -2.28. The summed E-state index contributed by atoms with van der Waals surface area (Å²) in [6.07, 6.45) is 2.70. The quantitative estimate of drug-likeness (QED) is 0.282. The molecule has 1 aliphatic heterocycles. The fourth-order valence-corrected chi connectivity index (χ4v) is 5.18. The number of halogens is 3. The van der Waals surface area contributed by atoms with Crippen LogP contribution in [0.5, 0.6) is 0 Å². The average Bonchev–Trinajstić information content (AvgIpc) is 3.61. The van der Waals surface area contributed by atoms with Crippen molar-refractivity contribution in [2.75, 3.05) is 11.9 Å². The molecule has 44 heavy (non-hydrogen) atoms. The van der Waals surface area contributed by atoms with Gasteiger partial charge in [-0.3, -0.25) is 14.3 Å². The summed E-state index contributed by atoms with van der Waals surface area (Å²) in [5.41, 5.74) is 3.39. The number of anilines is 1. The number of nitrogens with one attached hydrogen (secondary N) is 1. The predicted octanol–water partition coefficient (Wildman–Crippen LogP) is 4.98. The van der Waals surface area contributed by atoms with E-state index in [2.05, 4.69) is 15.3 Å². The van der Waals surface area contributed by atoms with E-state index in [0.29, 0.717) is 46.9 Å². The summed E-state index contributed by atoms with van der Waals surface area (Å²) in [6, 6.07) is 17.6. The van der Waals surface area contributed by atoms with Crippen molar-refractivity contribution >= 4 is 23.3 Å². The van der Waals surface area contributed by atoms with Gasteiger partial charge in [0, 0.05) is 29.9 Å². The molecule has 1 aliphatic rings. The molecule has 5 heterocycles. The molecular weight excluding hydrogens is 573 g/mol. The Kier molecular flexibility index (Phi) is 6.61. The topological polar surface area (TPSA) is 110 Å². The number of fused-ring (bicyclic) bond motifs is 2. The first kappa shape index (κ1) is 27.0. The lowest BCUT2D eigenvalue weighted by atomic mass is 10.0. The van der Waals surface area contributed by atoms with Gasteiger partial charge < -0.3 is 10.2 Å². The van der Waals surface area contributed by atoms with Crippen LogP contribution in [0, 0.1) is 17.6 Å². The van der Waals surface area contributed by atoms with Gasteiger partial charge in [-0.15, -0.1) is 0 Å². The van der Waals surface area contributed by atoms with Gasteiger partial charge in [-0.25, -0.2) is 23.3 Å². The Balaban J connectivity index is 1.27. The third kappa shape index (κ3) is 4.93. The van der Waals surface area contributed by atoms with E-state index >= 15 is 0 Å². The van der Waals surface area contributed by atoms with Crippen molar-refractivity contribution in [2.24, 2.45) is 0 Å². The van der Waals surface area contributed by atoms with Crippen LogP contribution in [-0.2, 0) is 13.1 Å². The summed E-state index contributed by atoms with van der Waals surface area (Å²) in [5, 5.41) is 12.2. The summed E-state index contributed by atoms with van der Waals surface area (Å²) in [6.45, 7) is 0.787. The van der Waals surface area contributed by atoms with Crippen LogP contribution in [0.25, 0.3) is 28.2 Å². The highest BCUT2D eigenvalue weighted by molar-refractivity contribution is 6.03. The van der Waals surface area contributed by atoms with Crippen LogP contribution in [0.4, 0.5) is 19.0 Å². The molecule has 2 amide bonds. The molecule has 0 saturated carbocycles. The van der Waals surface area contributed by atoms with Gasteiger partial charge in [0.15, 0.2) is 11.5 Å². The van der Waals surface area contributed by atoms with E-state index in [-0.39, 0.29) is 23.5 Å². The van der Waals surface area contributed by atoms with Crippen molar-refractivity contribution in [2.45, 2.75) is 13.1 Å². The molecule has 0 aliphatic carbocycles. The van der Waals surface area contributed by atoms with Crippen molar-refractivity contribution in [1.29, 1.82) is 0 Å². The lowest BCUT2D eigenvalue weighted by molar-refractivity contribution is 0.0701. The van der Waals surface area contributed by atoms with Crippen LogP contribution in [0.2, 0.25) is 0 Å². The molecule has 0 saturated heterocycles. The maximum Gasteiger partial charge on any atom is 0.257 e. The number of imidazole rings is 1. The standard InChI is InChI=1S/C31H21F3N8O2/c32-20-7-5-18(6-8-20)29-28(24-16-40(13-14-41(24)39-29)31(44)21-3-1-2-4-22(21)33)23-9-10-27-36-26(17-42(27)38-23)37-30(43)19-11-12-35-25(34)15-19/h1-12,15,17H,13-14,16H2,(H,37,43). The minimum Gasteiger partial charge on any atom is -0.331 e. The minimum absolute atomic E-state index is 0.0252. The monoisotopic (exact) mass is 594 g/mol. The molecule has 13 heteroatoms. The normalized spacial score (nSPS) is 12.8. The van der Waals surface area contributed by atoms with Gasteiger partial charge in [0.05, 0.1) is 41.8 Å². The van der Waals surface area contributed by atoms with Gasteiger partial charge in [-0.2, -0.15) is 14.6 Å². The zero-order valence-electron chi connectivity index (χ0n) is 22.8. The molecule has 4 aromatic heterocycles. The maximum absolute atomic E-state index is 14.5. The van der Waals surface area contributed by atoms with Gasteiger partial charge in [0.25, 0.3) is 11.8 Å². The third-order valence-electron chi connectivity index (χ3n) is 7.30. The first-order chi connectivity index (χ1) is 21.3. The van der Waals surface area contributed by atoms with Gasteiger partial charge in [0.1, 0.15) is 17.3 Å². The zero-order valence-corrected chi connectivity index (χ0v) is 22.8. The molecule has 2 aromatic carbocycles. The SMILES string of the molecule is O=C(Nc1cn2nc(-c3c(-c4ccc(F)cc4)nn4c3CN(C(=O)c3ccccc3F)CC4)ccc2n1)c1ccnc(F)c1. The van der Waals surface area contributed by atoms with Gasteiger partial charge >= 0.3 is 0 Å². The Morgan fingerprint density at radius 3 is 2.50 bits per heavy atom. The van der Waals surface area contributed by atoms with Crippen LogP contribution in [0.3, 0.4) is 0 Å². The van der Waals surface area contributed by atoms with E-state index in [4.69, 9.17) is 10.2 Å². The second-order valence-corrected chi connectivity index (χ2v) is 10.1. The van der Waals surface area contributed by atoms with Crippen molar-refractivity contribution in [1.82, 2.24) is 34.3 Å². The lowest BCUT2D eigenvalue weighted by Crippen LogP contribution is -2.39. The van der Waals surface area contributed by atoms with Crippen LogP contribution in [0.1, 0.15) is 26.4 Å². The van der Waals surface area contributed by atoms with E-state index in [1.54, 1.807) is 39.9 Å². The smallest absolute Gasteiger partial charge is 0.257 e. The maximum atomic E-state index is 14.5. The molecule has 0 radical (unpaired) electrons. The van der Waals surface area contributed by atoms with Crippen molar-refractivity contribution in [3.63, 3.8) is 0 Å². The first-order valence-electron chi connectivity index (χ1n) is 13.5. The van der Waals surface area contributed by atoms with Crippen LogP contribution >= 0.6 is 0 Å². The van der Waals surface area contributed by atoms with E-state index in [1.807, 2.05) is 0 Å². The van der Waals surface area contributed by atoms with Crippen molar-refractivity contribution in [3.05, 3.63) is 120 Å². The fourth-order valence-electron chi connectivity index (χ4n) is 5.18. The van der Waals surface area contributed by atoms with E-state index in [9.17, 15) is 22.8 Å². The summed E-state index contributed by atoms with van der Waals surface area (Å²) in [4.78, 5) is 35.3. The molecule has 218 valence electrons. The Labute approximate surface area is 247 Å². The molecule has 0 bridgehead atoms. The highest BCUT2D eigenvalue weighted by Gasteiger charge is 2.30. The Bertz CT molecular complexity index is 2070. The highest BCUT2D eigenvalue weighted by Crippen LogP contribution is 2.36. The van der Waals surface area contributed by atoms with Crippen molar-refractivity contribution in [3.8, 4) is 22.5 Å². The molecule has 1 N–H and O–H groups in total. The summed E-state index contributed by atoms with van der Waals surface area (Å²) < 4.78 is 45.0. The number of pyridine rings is 1. The number of amides is 2.